The Morgan fingerprint density at radius 3 is 2.86 bits per heavy atom. The van der Waals surface area contributed by atoms with Gasteiger partial charge in [-0.3, -0.25) is 10.1 Å². The van der Waals surface area contributed by atoms with E-state index in [-0.39, 0.29) is 11.6 Å². The fourth-order valence-corrected chi connectivity index (χ4v) is 4.85. The molecule has 0 radical (unpaired) electrons. The summed E-state index contributed by atoms with van der Waals surface area (Å²) in [6, 6.07) is 8.79. The number of carbonyl (C=O) groups is 1. The van der Waals surface area contributed by atoms with Gasteiger partial charge in [0.1, 0.15) is 5.82 Å². The molecule has 3 N–H and O–H groups in total. The number of nitrogens with one attached hydrogen (secondary N) is 3. The van der Waals surface area contributed by atoms with Gasteiger partial charge in [-0.15, -0.1) is 20.4 Å². The lowest BCUT2D eigenvalue weighted by molar-refractivity contribution is -0.126. The van der Waals surface area contributed by atoms with Crippen molar-refractivity contribution < 1.29 is 13.9 Å². The van der Waals surface area contributed by atoms with Gasteiger partial charge < -0.3 is 15.0 Å². The van der Waals surface area contributed by atoms with E-state index in [0.717, 1.165) is 41.6 Å². The molecule has 1 amide bonds. The van der Waals surface area contributed by atoms with Crippen molar-refractivity contribution in [3.05, 3.63) is 65.2 Å². The summed E-state index contributed by atoms with van der Waals surface area (Å²) in [5.41, 5.74) is 3.87. The lowest BCUT2D eigenvalue weighted by Crippen LogP contribution is -2.23. The standard InChI is InChI=1S/C24H24FN7O2S/c1-13-3-8-18(25)17(11-13)20(34-2)22(33)28-24-32-31-23(35-24)27-16-6-4-14(5-7-16)19-12-15-9-10-26-21(15)30-29-19/h3-4,8-12,16,20H,5-7H2,1-2H3,(H,26,30)(H,27,31)(H,28,32,33)/t16-,20-/m0/s1. The molecule has 0 saturated carbocycles. The van der Waals surface area contributed by atoms with Crippen LogP contribution in [0.5, 0.6) is 0 Å². The van der Waals surface area contributed by atoms with E-state index in [1.165, 1.54) is 30.1 Å². The van der Waals surface area contributed by atoms with Gasteiger partial charge in [0.15, 0.2) is 11.8 Å². The van der Waals surface area contributed by atoms with Crippen LogP contribution in [-0.4, -0.2) is 44.4 Å². The van der Waals surface area contributed by atoms with Crippen LogP contribution in [0, 0.1) is 12.7 Å². The zero-order valence-corrected chi connectivity index (χ0v) is 20.0. The first-order valence-electron chi connectivity index (χ1n) is 11.2. The number of allylic oxidation sites excluding steroid dienone is 1. The summed E-state index contributed by atoms with van der Waals surface area (Å²) >= 11 is 1.22. The van der Waals surface area contributed by atoms with Crippen molar-refractivity contribution >= 4 is 44.1 Å². The second kappa shape index (κ2) is 9.88. The molecular formula is C24H24FN7O2S. The Balaban J connectivity index is 1.20. The van der Waals surface area contributed by atoms with Crippen molar-refractivity contribution in [3.63, 3.8) is 0 Å². The van der Waals surface area contributed by atoms with Crippen LogP contribution in [0.1, 0.15) is 42.2 Å². The molecule has 1 aliphatic carbocycles. The molecule has 11 heteroatoms. The molecule has 4 aromatic rings. The molecule has 5 rings (SSSR count). The highest BCUT2D eigenvalue weighted by Gasteiger charge is 2.25. The van der Waals surface area contributed by atoms with E-state index in [1.807, 2.05) is 25.3 Å². The van der Waals surface area contributed by atoms with Crippen molar-refractivity contribution in [3.8, 4) is 0 Å². The second-order valence-electron chi connectivity index (χ2n) is 8.40. The number of anilines is 2. The third-order valence-corrected chi connectivity index (χ3v) is 6.71. The third kappa shape index (κ3) is 5.05. The fraction of sp³-hybridized carbons (Fsp3) is 0.292. The summed E-state index contributed by atoms with van der Waals surface area (Å²) in [4.78, 5) is 15.8. The number of hydrogen-bond donors (Lipinski definition) is 3. The van der Waals surface area contributed by atoms with Gasteiger partial charge in [0.05, 0.1) is 5.69 Å². The molecule has 0 spiro atoms. The Labute approximate surface area is 204 Å². The summed E-state index contributed by atoms with van der Waals surface area (Å²) in [5.74, 6) is -1.01. The van der Waals surface area contributed by atoms with Crippen LogP contribution in [0.25, 0.3) is 16.6 Å². The van der Waals surface area contributed by atoms with Gasteiger partial charge in [0, 0.05) is 30.3 Å². The summed E-state index contributed by atoms with van der Waals surface area (Å²) in [7, 11) is 1.37. The van der Waals surface area contributed by atoms with E-state index in [0.29, 0.717) is 10.3 Å². The highest BCUT2D eigenvalue weighted by atomic mass is 32.1. The summed E-state index contributed by atoms with van der Waals surface area (Å²) < 4.78 is 19.5. The van der Waals surface area contributed by atoms with Gasteiger partial charge >= 0.3 is 0 Å². The van der Waals surface area contributed by atoms with E-state index in [1.54, 1.807) is 12.1 Å². The fourth-order valence-electron chi connectivity index (χ4n) is 4.13. The number of fused-ring (bicyclic) bond motifs is 1. The molecule has 3 aromatic heterocycles. The van der Waals surface area contributed by atoms with Gasteiger partial charge in [0.2, 0.25) is 10.3 Å². The van der Waals surface area contributed by atoms with Crippen LogP contribution in [0.3, 0.4) is 0 Å². The van der Waals surface area contributed by atoms with Crippen molar-refractivity contribution in [2.24, 2.45) is 0 Å². The monoisotopic (exact) mass is 493 g/mol. The average Bonchev–Trinajstić information content (AvgIpc) is 3.51. The van der Waals surface area contributed by atoms with Crippen molar-refractivity contribution in [1.29, 1.82) is 0 Å². The van der Waals surface area contributed by atoms with Crippen LogP contribution in [-0.2, 0) is 9.53 Å². The number of ether oxygens (including phenoxy) is 1. The number of aryl methyl sites for hydroxylation is 1. The van der Waals surface area contributed by atoms with Crippen molar-refractivity contribution in [2.45, 2.75) is 38.3 Å². The highest BCUT2D eigenvalue weighted by molar-refractivity contribution is 7.19. The Hall–Kier alpha value is -3.70. The molecule has 0 aliphatic heterocycles. The first-order valence-corrected chi connectivity index (χ1v) is 12.0. The number of H-pyrrole nitrogens is 1. The minimum absolute atomic E-state index is 0.179. The smallest absolute Gasteiger partial charge is 0.260 e. The number of hydrogen-bond acceptors (Lipinski definition) is 8. The minimum atomic E-state index is -1.09. The zero-order chi connectivity index (χ0) is 24.4. The number of carbonyl (C=O) groups excluding carboxylic acids is 1. The van der Waals surface area contributed by atoms with Crippen LogP contribution >= 0.6 is 11.3 Å². The molecule has 0 fully saturated rings. The lowest BCUT2D eigenvalue weighted by atomic mass is 9.93. The number of amides is 1. The first kappa shape index (κ1) is 23.1. The van der Waals surface area contributed by atoms with Crippen molar-refractivity contribution in [2.75, 3.05) is 17.7 Å². The first-order chi connectivity index (χ1) is 17.0. The molecule has 0 saturated heterocycles. The van der Waals surface area contributed by atoms with Gasteiger partial charge in [0.25, 0.3) is 5.91 Å². The van der Waals surface area contributed by atoms with Gasteiger partial charge in [-0.25, -0.2) is 4.39 Å². The van der Waals surface area contributed by atoms with E-state index in [4.69, 9.17) is 4.74 Å². The number of halogens is 1. The summed E-state index contributed by atoms with van der Waals surface area (Å²) in [5, 5.41) is 24.8. The van der Waals surface area contributed by atoms with Gasteiger partial charge in [-0.05, 0) is 50.0 Å². The number of methoxy groups -OCH3 is 1. The number of nitrogens with zero attached hydrogens (tertiary/aromatic N) is 4. The predicted octanol–water partition coefficient (Wildman–Crippen LogP) is 4.63. The summed E-state index contributed by atoms with van der Waals surface area (Å²) in [6.07, 6.45) is 5.51. The Morgan fingerprint density at radius 2 is 2.06 bits per heavy atom. The average molecular weight is 494 g/mol. The maximum absolute atomic E-state index is 14.3. The second-order valence-corrected chi connectivity index (χ2v) is 9.38. The van der Waals surface area contributed by atoms with Crippen molar-refractivity contribution in [1.82, 2.24) is 25.4 Å². The normalized spacial score (nSPS) is 16.7. The molecule has 9 nitrogen and oxygen atoms in total. The molecule has 0 bridgehead atoms. The molecule has 1 aromatic carbocycles. The largest absolute Gasteiger partial charge is 0.367 e. The third-order valence-electron chi connectivity index (χ3n) is 5.94. The highest BCUT2D eigenvalue weighted by Crippen LogP contribution is 2.30. The molecular weight excluding hydrogens is 469 g/mol. The van der Waals surface area contributed by atoms with E-state index < -0.39 is 17.8 Å². The van der Waals surface area contributed by atoms with Crippen LogP contribution in [0.2, 0.25) is 0 Å². The molecule has 0 unspecified atom stereocenters. The molecule has 2 atom stereocenters. The number of aromatic amines is 1. The van der Waals surface area contributed by atoms with Crippen LogP contribution in [0.4, 0.5) is 14.7 Å². The van der Waals surface area contributed by atoms with Gasteiger partial charge in [-0.2, -0.15) is 0 Å². The molecule has 180 valence electrons. The number of rotatable bonds is 7. The summed E-state index contributed by atoms with van der Waals surface area (Å²) in [6.45, 7) is 1.83. The van der Waals surface area contributed by atoms with Crippen LogP contribution < -0.4 is 10.6 Å². The zero-order valence-electron chi connectivity index (χ0n) is 19.2. The lowest BCUT2D eigenvalue weighted by Gasteiger charge is -2.22. The van der Waals surface area contributed by atoms with E-state index in [9.17, 15) is 9.18 Å². The maximum Gasteiger partial charge on any atom is 0.260 e. The van der Waals surface area contributed by atoms with Gasteiger partial charge in [-0.1, -0.05) is 35.1 Å². The Kier molecular flexibility index (Phi) is 6.51. The molecule has 3 heterocycles. The Morgan fingerprint density at radius 1 is 1.20 bits per heavy atom. The van der Waals surface area contributed by atoms with E-state index >= 15 is 0 Å². The molecule has 1 aliphatic rings. The molecule has 35 heavy (non-hydrogen) atoms. The maximum atomic E-state index is 14.3. The van der Waals surface area contributed by atoms with E-state index in [2.05, 4.69) is 42.1 Å². The number of aromatic nitrogens is 5. The number of benzene rings is 1. The topological polar surface area (TPSA) is 118 Å². The minimum Gasteiger partial charge on any atom is -0.367 e. The Bertz CT molecular complexity index is 1400. The SMILES string of the molecule is CO[C@H](C(=O)Nc1nnc(N[C@H]2CC=C(c3cc4cc[nH]c4nn3)CC2)s1)c1cc(C)ccc1F. The van der Waals surface area contributed by atoms with Crippen LogP contribution in [0.15, 0.2) is 42.6 Å². The quantitative estimate of drug-likeness (QED) is 0.343. The predicted molar refractivity (Wildman–Crippen MR) is 133 cm³/mol.